The van der Waals surface area contributed by atoms with E-state index in [1.165, 1.54) is 0 Å². The monoisotopic (exact) mass is 278 g/mol. The maximum atomic E-state index is 12.2. The first-order valence-electron chi connectivity index (χ1n) is 6.94. The third-order valence-corrected chi connectivity index (χ3v) is 3.68. The molecule has 0 radical (unpaired) electrons. The number of hydrogen-bond donors (Lipinski definition) is 2. The molecule has 5 nitrogen and oxygen atoms in total. The van der Waals surface area contributed by atoms with E-state index >= 15 is 0 Å². The summed E-state index contributed by atoms with van der Waals surface area (Å²) in [4.78, 5) is 12.2. The fourth-order valence-electron chi connectivity index (χ4n) is 2.51. The largest absolute Gasteiger partial charge is 0.496 e. The average molecular weight is 278 g/mol. The Hall–Kier alpha value is -1.75. The van der Waals surface area contributed by atoms with E-state index in [1.807, 2.05) is 18.2 Å². The molecule has 1 saturated heterocycles. The van der Waals surface area contributed by atoms with E-state index in [0.29, 0.717) is 6.54 Å². The van der Waals surface area contributed by atoms with E-state index in [1.54, 1.807) is 14.2 Å². The van der Waals surface area contributed by atoms with Crippen molar-refractivity contribution < 1.29 is 14.3 Å². The van der Waals surface area contributed by atoms with Gasteiger partial charge in [0.1, 0.15) is 11.5 Å². The summed E-state index contributed by atoms with van der Waals surface area (Å²) in [6, 6.07) is 5.61. The fourth-order valence-corrected chi connectivity index (χ4v) is 2.51. The van der Waals surface area contributed by atoms with Crippen LogP contribution in [-0.2, 0) is 11.3 Å². The lowest BCUT2D eigenvalue weighted by Gasteiger charge is -2.22. The van der Waals surface area contributed by atoms with Gasteiger partial charge < -0.3 is 20.1 Å². The number of piperidine rings is 1. The number of rotatable bonds is 5. The lowest BCUT2D eigenvalue weighted by Crippen LogP contribution is -2.37. The minimum atomic E-state index is 0.108. The second kappa shape index (κ2) is 7.14. The van der Waals surface area contributed by atoms with Crippen LogP contribution in [0.5, 0.6) is 11.5 Å². The van der Waals surface area contributed by atoms with Crippen LogP contribution in [0.4, 0.5) is 0 Å². The molecule has 1 heterocycles. The second-order valence-electron chi connectivity index (χ2n) is 4.88. The molecule has 1 aliphatic heterocycles. The van der Waals surface area contributed by atoms with Gasteiger partial charge in [0, 0.05) is 5.92 Å². The molecule has 110 valence electrons. The molecule has 2 N–H and O–H groups in total. The van der Waals surface area contributed by atoms with Gasteiger partial charge in [0.25, 0.3) is 0 Å². The van der Waals surface area contributed by atoms with E-state index in [4.69, 9.17) is 9.47 Å². The van der Waals surface area contributed by atoms with Crippen LogP contribution in [0.2, 0.25) is 0 Å². The van der Waals surface area contributed by atoms with E-state index in [9.17, 15) is 4.79 Å². The molecule has 0 atom stereocenters. The first-order chi connectivity index (χ1) is 9.76. The van der Waals surface area contributed by atoms with Gasteiger partial charge in [0.15, 0.2) is 0 Å². The minimum absolute atomic E-state index is 0.108. The van der Waals surface area contributed by atoms with Crippen LogP contribution in [0.25, 0.3) is 0 Å². The highest BCUT2D eigenvalue weighted by Gasteiger charge is 2.21. The molecule has 0 aliphatic carbocycles. The molecule has 1 aromatic rings. The number of ether oxygens (including phenoxy) is 2. The van der Waals surface area contributed by atoms with Crippen molar-refractivity contribution in [1.82, 2.24) is 10.6 Å². The molecule has 2 rings (SSSR count). The Labute approximate surface area is 119 Å². The Bertz CT molecular complexity index is 434. The summed E-state index contributed by atoms with van der Waals surface area (Å²) in [5.41, 5.74) is 0.875. The zero-order chi connectivity index (χ0) is 14.4. The Morgan fingerprint density at radius 1 is 1.25 bits per heavy atom. The molecule has 20 heavy (non-hydrogen) atoms. The van der Waals surface area contributed by atoms with Gasteiger partial charge in [0.05, 0.1) is 26.3 Å². The highest BCUT2D eigenvalue weighted by atomic mass is 16.5. The molecule has 1 amide bonds. The van der Waals surface area contributed by atoms with Crippen molar-refractivity contribution >= 4 is 5.91 Å². The second-order valence-corrected chi connectivity index (χ2v) is 4.88. The summed E-state index contributed by atoms with van der Waals surface area (Å²) in [6.45, 7) is 2.25. The van der Waals surface area contributed by atoms with Crippen molar-refractivity contribution in [3.05, 3.63) is 23.8 Å². The number of carbonyl (C=O) groups is 1. The Morgan fingerprint density at radius 3 is 2.40 bits per heavy atom. The fraction of sp³-hybridized carbons (Fsp3) is 0.533. The molecular formula is C15H22N2O3. The lowest BCUT2D eigenvalue weighted by atomic mass is 9.97. The van der Waals surface area contributed by atoms with E-state index in [-0.39, 0.29) is 11.8 Å². The molecule has 0 aromatic heterocycles. The summed E-state index contributed by atoms with van der Waals surface area (Å²) < 4.78 is 10.6. The van der Waals surface area contributed by atoms with Crippen LogP contribution in [-0.4, -0.2) is 33.2 Å². The molecular weight excluding hydrogens is 256 g/mol. The first kappa shape index (κ1) is 14.7. The summed E-state index contributed by atoms with van der Waals surface area (Å²) in [5, 5.41) is 6.25. The smallest absolute Gasteiger partial charge is 0.223 e. The average Bonchev–Trinajstić information content (AvgIpc) is 2.52. The van der Waals surface area contributed by atoms with Crippen molar-refractivity contribution in [2.24, 2.45) is 5.92 Å². The predicted molar refractivity (Wildman–Crippen MR) is 77.0 cm³/mol. The number of amides is 1. The third kappa shape index (κ3) is 3.42. The number of hydrogen-bond acceptors (Lipinski definition) is 4. The van der Waals surface area contributed by atoms with Gasteiger partial charge >= 0.3 is 0 Å². The van der Waals surface area contributed by atoms with Gasteiger partial charge in [-0.15, -0.1) is 0 Å². The van der Waals surface area contributed by atoms with Crippen molar-refractivity contribution in [1.29, 1.82) is 0 Å². The number of nitrogens with one attached hydrogen (secondary N) is 2. The third-order valence-electron chi connectivity index (χ3n) is 3.68. The van der Waals surface area contributed by atoms with E-state index < -0.39 is 0 Å². The van der Waals surface area contributed by atoms with Crippen molar-refractivity contribution in [2.45, 2.75) is 19.4 Å². The summed E-state index contributed by atoms with van der Waals surface area (Å²) in [5.74, 6) is 1.68. The van der Waals surface area contributed by atoms with Crippen molar-refractivity contribution in [3.63, 3.8) is 0 Å². The standard InChI is InChI=1S/C15H22N2O3/c1-19-13-4-3-5-14(20-2)12(13)10-17-15(18)11-6-8-16-9-7-11/h3-5,11,16H,6-10H2,1-2H3,(H,17,18). The van der Waals surface area contributed by atoms with Gasteiger partial charge in [-0.1, -0.05) is 6.07 Å². The van der Waals surface area contributed by atoms with E-state index in [2.05, 4.69) is 10.6 Å². The van der Waals surface area contributed by atoms with Crippen LogP contribution < -0.4 is 20.1 Å². The van der Waals surface area contributed by atoms with Gasteiger partial charge in [-0.2, -0.15) is 0 Å². The number of methoxy groups -OCH3 is 2. The van der Waals surface area contributed by atoms with Crippen LogP contribution in [0, 0.1) is 5.92 Å². The molecule has 0 unspecified atom stereocenters. The molecule has 5 heteroatoms. The molecule has 0 bridgehead atoms. The summed E-state index contributed by atoms with van der Waals surface area (Å²) in [7, 11) is 3.24. The topological polar surface area (TPSA) is 59.6 Å². The molecule has 0 saturated carbocycles. The van der Waals surface area contributed by atoms with Crippen LogP contribution >= 0.6 is 0 Å². The minimum Gasteiger partial charge on any atom is -0.496 e. The Morgan fingerprint density at radius 2 is 1.85 bits per heavy atom. The first-order valence-corrected chi connectivity index (χ1v) is 6.94. The number of benzene rings is 1. The Balaban J connectivity index is 2.00. The normalized spacial score (nSPS) is 15.7. The zero-order valence-corrected chi connectivity index (χ0v) is 12.1. The zero-order valence-electron chi connectivity index (χ0n) is 12.1. The maximum absolute atomic E-state index is 12.2. The highest BCUT2D eigenvalue weighted by Crippen LogP contribution is 2.28. The van der Waals surface area contributed by atoms with Crippen LogP contribution in [0.15, 0.2) is 18.2 Å². The van der Waals surface area contributed by atoms with Gasteiger partial charge in [-0.05, 0) is 38.1 Å². The molecule has 1 aliphatic rings. The van der Waals surface area contributed by atoms with Crippen LogP contribution in [0.1, 0.15) is 18.4 Å². The highest BCUT2D eigenvalue weighted by molar-refractivity contribution is 5.78. The summed E-state index contributed by atoms with van der Waals surface area (Å²) in [6.07, 6.45) is 1.80. The van der Waals surface area contributed by atoms with Gasteiger partial charge in [-0.3, -0.25) is 4.79 Å². The lowest BCUT2D eigenvalue weighted by molar-refractivity contribution is -0.125. The van der Waals surface area contributed by atoms with Crippen LogP contribution in [0.3, 0.4) is 0 Å². The number of carbonyl (C=O) groups excluding carboxylic acids is 1. The quantitative estimate of drug-likeness (QED) is 0.853. The van der Waals surface area contributed by atoms with Gasteiger partial charge in [0.2, 0.25) is 5.91 Å². The Kier molecular flexibility index (Phi) is 5.24. The maximum Gasteiger partial charge on any atom is 0.223 e. The van der Waals surface area contributed by atoms with Gasteiger partial charge in [-0.25, -0.2) is 0 Å². The van der Waals surface area contributed by atoms with Crippen molar-refractivity contribution in [3.8, 4) is 11.5 Å². The molecule has 1 fully saturated rings. The van der Waals surface area contributed by atoms with E-state index in [0.717, 1.165) is 43.0 Å². The van der Waals surface area contributed by atoms with Crippen molar-refractivity contribution in [2.75, 3.05) is 27.3 Å². The molecule has 1 aromatic carbocycles. The molecule has 0 spiro atoms. The predicted octanol–water partition coefficient (Wildman–Crippen LogP) is 1.32. The SMILES string of the molecule is COc1cccc(OC)c1CNC(=O)C1CCNCC1. The summed E-state index contributed by atoms with van der Waals surface area (Å²) >= 11 is 0.